The highest BCUT2D eigenvalue weighted by atomic mass is 19.4. The average Bonchev–Trinajstić information content (AvgIpc) is 3.13. The van der Waals surface area contributed by atoms with Crippen LogP contribution in [0, 0.1) is 27.7 Å². The smallest absolute Gasteiger partial charge is 0.457 e. The van der Waals surface area contributed by atoms with Crippen LogP contribution in [0.15, 0.2) is 97.1 Å². The molecule has 0 saturated heterocycles. The number of benzene rings is 5. The second-order valence-corrected chi connectivity index (χ2v) is 14.4. The van der Waals surface area contributed by atoms with E-state index >= 15 is 35.1 Å². The molecule has 5 aromatic rings. The minimum Gasteiger partial charge on any atom is -0.457 e. The molecule has 2 atom stereocenters. The molecule has 0 fully saturated rings. The van der Waals surface area contributed by atoms with Crippen LogP contribution in [0.5, 0.6) is 23.0 Å². The molecule has 16 heteroatoms. The lowest BCUT2D eigenvalue weighted by Gasteiger charge is -2.50. The summed E-state index contributed by atoms with van der Waals surface area (Å²) < 4.78 is 231. The van der Waals surface area contributed by atoms with Crippen LogP contribution in [0.3, 0.4) is 0 Å². The zero-order chi connectivity index (χ0) is 42.8. The van der Waals surface area contributed by atoms with E-state index in [1.165, 1.54) is 39.8 Å². The van der Waals surface area contributed by atoms with Crippen molar-refractivity contribution in [3.8, 4) is 23.0 Å². The van der Waals surface area contributed by atoms with Gasteiger partial charge in [0.05, 0.1) is 0 Å². The van der Waals surface area contributed by atoms with Crippen LogP contribution in [0.2, 0.25) is 0 Å². The Balaban J connectivity index is 1.76. The Bertz CT molecular complexity index is 2270. The largest absolute Gasteiger partial charge is 0.459 e. The van der Waals surface area contributed by atoms with Gasteiger partial charge in [0.25, 0.3) is 0 Å². The van der Waals surface area contributed by atoms with Crippen molar-refractivity contribution >= 4 is 0 Å². The number of hydrogen-bond acceptors (Lipinski definition) is 2. The zero-order valence-electron chi connectivity index (χ0n) is 30.3. The monoisotopic (exact) mass is 830 g/mol. The van der Waals surface area contributed by atoms with E-state index in [9.17, 15) is 26.3 Å². The molecular formula is C42H28F14O2. The summed E-state index contributed by atoms with van der Waals surface area (Å²) in [7, 11) is 0. The molecule has 2 aliphatic rings. The minimum absolute atomic E-state index is 0.0632. The molecule has 5 aromatic carbocycles. The number of alkyl halides is 14. The predicted molar refractivity (Wildman–Crippen MR) is 183 cm³/mol. The van der Waals surface area contributed by atoms with Crippen molar-refractivity contribution in [3.63, 3.8) is 0 Å². The van der Waals surface area contributed by atoms with Gasteiger partial charge in [0.2, 0.25) is 0 Å². The van der Waals surface area contributed by atoms with Crippen LogP contribution >= 0.6 is 0 Å². The van der Waals surface area contributed by atoms with Crippen LogP contribution in [-0.2, 0) is 10.8 Å². The third kappa shape index (κ3) is 5.10. The second-order valence-electron chi connectivity index (χ2n) is 14.4. The SMILES string of the molecule is Cc1cc2c(cc1C)C(c1ccccc1)(C(F)(F)C(F)(F)C(F)(F)F)c1cc3c(cc1O2)Oc1cc(C)c(C)cc1C3(c1ccccc1)C(F)(F)C(F)(F)C(F)(F)F. The summed E-state index contributed by atoms with van der Waals surface area (Å²) in [5.41, 5.74) is -14.3. The first kappa shape index (κ1) is 40.9. The van der Waals surface area contributed by atoms with Gasteiger partial charge in [0.1, 0.15) is 33.8 Å². The predicted octanol–water partition coefficient (Wildman–Crippen LogP) is 13.5. The van der Waals surface area contributed by atoms with E-state index in [1.54, 1.807) is 0 Å². The van der Waals surface area contributed by atoms with Crippen LogP contribution in [-0.4, -0.2) is 36.0 Å². The van der Waals surface area contributed by atoms with Gasteiger partial charge in [-0.15, -0.1) is 0 Å². The lowest BCUT2D eigenvalue weighted by atomic mass is 9.58. The van der Waals surface area contributed by atoms with E-state index < -0.39 is 103 Å². The van der Waals surface area contributed by atoms with Gasteiger partial charge >= 0.3 is 36.0 Å². The lowest BCUT2D eigenvalue weighted by Crippen LogP contribution is -2.64. The molecule has 0 spiro atoms. The Morgan fingerprint density at radius 2 is 0.638 bits per heavy atom. The Morgan fingerprint density at radius 1 is 0.362 bits per heavy atom. The van der Waals surface area contributed by atoms with Crippen molar-refractivity contribution in [3.05, 3.63) is 153 Å². The van der Waals surface area contributed by atoms with Gasteiger partial charge in [-0.3, -0.25) is 0 Å². The van der Waals surface area contributed by atoms with E-state index in [0.717, 1.165) is 72.8 Å². The van der Waals surface area contributed by atoms with E-state index in [-0.39, 0.29) is 28.3 Å². The first-order valence-electron chi connectivity index (χ1n) is 17.2. The standard InChI is InChI=1S/C42H28F14O2/c1-21-15-27-31(17-23(21)3)57-33-20-34-30(19-29(33)35(27,25-11-7-5-8-12-25)37(43,44)39(47,48)41(51,52)53)36(26-13-9-6-10-14-26,38(45,46)40(49,50)42(54,55)56)28-16-22(2)24(4)18-32(28)58-34/h5-20H,1-4H3. The van der Waals surface area contributed by atoms with Crippen LogP contribution in [0.25, 0.3) is 0 Å². The van der Waals surface area contributed by atoms with Crippen molar-refractivity contribution < 1.29 is 70.9 Å². The molecule has 58 heavy (non-hydrogen) atoms. The van der Waals surface area contributed by atoms with E-state index in [0.29, 0.717) is 6.07 Å². The van der Waals surface area contributed by atoms with Gasteiger partial charge in [-0.25, -0.2) is 0 Å². The number of halogens is 14. The van der Waals surface area contributed by atoms with E-state index in [2.05, 4.69) is 0 Å². The van der Waals surface area contributed by atoms with Gasteiger partial charge < -0.3 is 9.47 Å². The molecule has 2 heterocycles. The maximum atomic E-state index is 17.4. The number of rotatable bonds is 6. The summed E-state index contributed by atoms with van der Waals surface area (Å²) in [6, 6.07) is 14.1. The van der Waals surface area contributed by atoms with Gasteiger partial charge in [-0.2, -0.15) is 61.5 Å². The quantitative estimate of drug-likeness (QED) is 0.159. The summed E-state index contributed by atoms with van der Waals surface area (Å²) in [5.74, 6) is -29.8. The maximum Gasteiger partial charge on any atom is 0.459 e. The summed E-state index contributed by atoms with van der Waals surface area (Å²) in [6.45, 7) is 5.50. The fraction of sp³-hybridized carbons (Fsp3) is 0.286. The molecule has 0 saturated carbocycles. The summed E-state index contributed by atoms with van der Waals surface area (Å²) in [6.07, 6.45) is -13.9. The second kappa shape index (κ2) is 12.6. The molecule has 0 aliphatic carbocycles. The molecular weight excluding hydrogens is 802 g/mol. The Kier molecular flexibility index (Phi) is 8.89. The van der Waals surface area contributed by atoms with Gasteiger partial charge in [0.15, 0.2) is 0 Å². The Hall–Kier alpha value is -5.28. The molecule has 0 amide bonds. The summed E-state index contributed by atoms with van der Waals surface area (Å²) in [5, 5.41) is 0. The van der Waals surface area contributed by atoms with Gasteiger partial charge in [-0.1, -0.05) is 72.8 Å². The van der Waals surface area contributed by atoms with Crippen LogP contribution < -0.4 is 9.47 Å². The van der Waals surface area contributed by atoms with E-state index in [4.69, 9.17) is 9.47 Å². The Morgan fingerprint density at radius 3 is 0.948 bits per heavy atom. The molecule has 0 N–H and O–H groups in total. The highest BCUT2D eigenvalue weighted by Gasteiger charge is 2.83. The minimum atomic E-state index is -6.97. The van der Waals surface area contributed by atoms with Crippen LogP contribution in [0.4, 0.5) is 61.5 Å². The molecule has 7 rings (SSSR count). The zero-order valence-corrected chi connectivity index (χ0v) is 30.3. The van der Waals surface area contributed by atoms with E-state index in [1.807, 2.05) is 0 Å². The topological polar surface area (TPSA) is 18.5 Å². The Labute approximate surface area is 321 Å². The van der Waals surface area contributed by atoms with Crippen molar-refractivity contribution in [2.75, 3.05) is 0 Å². The van der Waals surface area contributed by atoms with Crippen molar-refractivity contribution in [2.24, 2.45) is 0 Å². The number of hydrogen-bond donors (Lipinski definition) is 0. The van der Waals surface area contributed by atoms with Crippen molar-refractivity contribution in [1.82, 2.24) is 0 Å². The molecule has 2 nitrogen and oxygen atoms in total. The number of fused-ring (bicyclic) bond motifs is 4. The highest BCUT2D eigenvalue weighted by Crippen LogP contribution is 2.69. The van der Waals surface area contributed by atoms with Crippen molar-refractivity contribution in [2.45, 2.75) is 74.6 Å². The third-order valence-electron chi connectivity index (χ3n) is 11.2. The molecule has 0 bridgehead atoms. The molecule has 2 unspecified atom stereocenters. The van der Waals surface area contributed by atoms with Crippen molar-refractivity contribution in [1.29, 1.82) is 0 Å². The number of aryl methyl sites for hydroxylation is 4. The van der Waals surface area contributed by atoms with Crippen LogP contribution in [0.1, 0.15) is 55.6 Å². The lowest BCUT2D eigenvalue weighted by molar-refractivity contribution is -0.364. The molecule has 2 aliphatic heterocycles. The first-order valence-corrected chi connectivity index (χ1v) is 17.2. The fourth-order valence-electron chi connectivity index (χ4n) is 8.04. The normalized spacial score (nSPS) is 19.6. The van der Waals surface area contributed by atoms with Gasteiger partial charge in [0, 0.05) is 28.3 Å². The summed E-state index contributed by atoms with van der Waals surface area (Å²) in [4.78, 5) is 0. The third-order valence-corrected chi connectivity index (χ3v) is 11.2. The number of ether oxygens (including phenoxy) is 2. The maximum absolute atomic E-state index is 17.4. The first-order chi connectivity index (χ1) is 26.7. The molecule has 306 valence electrons. The molecule has 0 radical (unpaired) electrons. The van der Waals surface area contributed by atoms with Gasteiger partial charge in [-0.05, 0) is 79.3 Å². The fourth-order valence-corrected chi connectivity index (χ4v) is 8.04. The molecule has 0 aromatic heterocycles. The average molecular weight is 831 g/mol. The summed E-state index contributed by atoms with van der Waals surface area (Å²) >= 11 is 0. The highest BCUT2D eigenvalue weighted by molar-refractivity contribution is 5.74.